The molecule has 0 heterocycles. The third-order valence-electron chi connectivity index (χ3n) is 5.43. The summed E-state index contributed by atoms with van der Waals surface area (Å²) in [4.78, 5) is 0. The molecule has 168 valence electrons. The molecule has 0 atom stereocenters. The maximum atomic E-state index is 14.1. The minimum Gasteiger partial charge on any atom is -0.491 e. The lowest BCUT2D eigenvalue weighted by Crippen LogP contribution is -2.33. The second-order valence-electron chi connectivity index (χ2n) is 7.57. The van der Waals surface area contributed by atoms with Crippen LogP contribution in [0.25, 0.3) is 0 Å². The van der Waals surface area contributed by atoms with E-state index in [1.54, 1.807) is 19.1 Å². The standard InChI is InChI=1S/C24H26F4O3/c1-3-16-5-7-17(8-6-16)18-9-11-19(12-10-18)30-15-24(27,28)31-21-14-13-20(29-4-2)22(25)23(21)26/h3,9-14,16-17H,1,4-8,15H2,2H3. The molecule has 3 nitrogen and oxygen atoms in total. The van der Waals surface area contributed by atoms with Gasteiger partial charge in [0.2, 0.25) is 11.6 Å². The van der Waals surface area contributed by atoms with Gasteiger partial charge in [0.1, 0.15) is 5.75 Å². The number of ether oxygens (including phenoxy) is 3. The third kappa shape index (κ3) is 5.93. The number of benzene rings is 2. The fourth-order valence-corrected chi connectivity index (χ4v) is 3.74. The van der Waals surface area contributed by atoms with Crippen LogP contribution in [-0.4, -0.2) is 19.3 Å². The molecule has 0 saturated heterocycles. The number of rotatable bonds is 9. The van der Waals surface area contributed by atoms with E-state index in [0.29, 0.717) is 11.8 Å². The van der Waals surface area contributed by atoms with Crippen LogP contribution in [0, 0.1) is 17.6 Å². The highest BCUT2D eigenvalue weighted by atomic mass is 19.3. The van der Waals surface area contributed by atoms with Crippen molar-refractivity contribution in [3.8, 4) is 17.2 Å². The maximum absolute atomic E-state index is 14.1. The van der Waals surface area contributed by atoms with Gasteiger partial charge in [0.05, 0.1) is 6.61 Å². The van der Waals surface area contributed by atoms with Crippen LogP contribution < -0.4 is 14.2 Å². The van der Waals surface area contributed by atoms with Crippen molar-refractivity contribution in [3.05, 3.63) is 66.3 Å². The fourth-order valence-electron chi connectivity index (χ4n) is 3.74. The number of hydrogen-bond donors (Lipinski definition) is 0. The topological polar surface area (TPSA) is 27.7 Å². The second-order valence-corrected chi connectivity index (χ2v) is 7.57. The van der Waals surface area contributed by atoms with E-state index in [4.69, 9.17) is 9.47 Å². The lowest BCUT2D eigenvalue weighted by Gasteiger charge is -2.27. The zero-order valence-electron chi connectivity index (χ0n) is 17.4. The average Bonchev–Trinajstić information content (AvgIpc) is 2.78. The quantitative estimate of drug-likeness (QED) is 0.316. The van der Waals surface area contributed by atoms with Crippen LogP contribution in [0.5, 0.6) is 17.2 Å². The highest BCUT2D eigenvalue weighted by molar-refractivity contribution is 5.35. The van der Waals surface area contributed by atoms with Gasteiger partial charge in [-0.3, -0.25) is 0 Å². The minimum atomic E-state index is -3.86. The van der Waals surface area contributed by atoms with Crippen molar-refractivity contribution < 1.29 is 31.8 Å². The summed E-state index contributed by atoms with van der Waals surface area (Å²) in [5.74, 6) is -2.97. The summed E-state index contributed by atoms with van der Waals surface area (Å²) in [6.07, 6.45) is 2.46. The molecule has 7 heteroatoms. The molecule has 0 aliphatic heterocycles. The first kappa shape index (κ1) is 23.0. The third-order valence-corrected chi connectivity index (χ3v) is 5.43. The molecule has 2 aromatic carbocycles. The Balaban J connectivity index is 1.56. The Morgan fingerprint density at radius 3 is 2.16 bits per heavy atom. The lowest BCUT2D eigenvalue weighted by atomic mass is 9.79. The first-order chi connectivity index (χ1) is 14.8. The van der Waals surface area contributed by atoms with Crippen molar-refractivity contribution >= 4 is 0 Å². The van der Waals surface area contributed by atoms with Gasteiger partial charge in [0.25, 0.3) is 0 Å². The molecule has 1 fully saturated rings. The molecule has 1 saturated carbocycles. The van der Waals surface area contributed by atoms with Crippen molar-refractivity contribution in [2.75, 3.05) is 13.2 Å². The summed E-state index contributed by atoms with van der Waals surface area (Å²) < 4.78 is 70.5. The molecule has 0 aromatic heterocycles. The normalized spacial score (nSPS) is 19.0. The maximum Gasteiger partial charge on any atom is 0.433 e. The molecule has 0 N–H and O–H groups in total. The van der Waals surface area contributed by atoms with Gasteiger partial charge >= 0.3 is 6.11 Å². The van der Waals surface area contributed by atoms with E-state index < -0.39 is 30.1 Å². The van der Waals surface area contributed by atoms with Crippen LogP contribution in [0.1, 0.15) is 44.1 Å². The molecule has 1 aliphatic rings. The van der Waals surface area contributed by atoms with Crippen molar-refractivity contribution in [3.63, 3.8) is 0 Å². The highest BCUT2D eigenvalue weighted by Gasteiger charge is 2.35. The Hall–Kier alpha value is -2.70. The van der Waals surface area contributed by atoms with Gasteiger partial charge in [-0.05, 0) is 74.3 Å². The highest BCUT2D eigenvalue weighted by Crippen LogP contribution is 2.37. The van der Waals surface area contributed by atoms with E-state index in [2.05, 4.69) is 11.3 Å². The van der Waals surface area contributed by atoms with Gasteiger partial charge in [0, 0.05) is 0 Å². The Bertz CT molecular complexity index is 875. The predicted octanol–water partition coefficient (Wildman–Crippen LogP) is 6.87. The average molecular weight is 438 g/mol. The SMILES string of the molecule is C=CC1CCC(c2ccc(OCC(F)(F)Oc3ccc(OCC)c(F)c3F)cc2)CC1. The molecule has 0 amide bonds. The Morgan fingerprint density at radius 2 is 1.55 bits per heavy atom. The first-order valence-corrected chi connectivity index (χ1v) is 10.4. The molecular weight excluding hydrogens is 412 g/mol. The van der Waals surface area contributed by atoms with Gasteiger partial charge < -0.3 is 14.2 Å². The van der Waals surface area contributed by atoms with Crippen molar-refractivity contribution in [2.45, 2.75) is 44.6 Å². The van der Waals surface area contributed by atoms with Crippen molar-refractivity contribution in [1.29, 1.82) is 0 Å². The minimum absolute atomic E-state index is 0.107. The molecule has 0 unspecified atom stereocenters. The largest absolute Gasteiger partial charge is 0.491 e. The van der Waals surface area contributed by atoms with Crippen molar-refractivity contribution in [1.82, 2.24) is 0 Å². The van der Waals surface area contributed by atoms with Gasteiger partial charge in [-0.15, -0.1) is 6.58 Å². The summed E-state index contributed by atoms with van der Waals surface area (Å²) in [5, 5.41) is 0. The molecule has 2 aromatic rings. The van der Waals surface area contributed by atoms with E-state index in [1.165, 1.54) is 0 Å². The summed E-state index contributed by atoms with van der Waals surface area (Å²) in [6.45, 7) is 4.40. The Kier molecular flexibility index (Phi) is 7.46. The zero-order chi connectivity index (χ0) is 22.4. The molecule has 0 bridgehead atoms. The number of hydrogen-bond acceptors (Lipinski definition) is 3. The van der Waals surface area contributed by atoms with Crippen LogP contribution in [0.2, 0.25) is 0 Å². The molecule has 31 heavy (non-hydrogen) atoms. The van der Waals surface area contributed by atoms with E-state index in [0.717, 1.165) is 43.4 Å². The van der Waals surface area contributed by atoms with Gasteiger partial charge in [-0.2, -0.15) is 17.6 Å². The number of alkyl halides is 2. The number of allylic oxidation sites excluding steroid dienone is 1. The fraction of sp³-hybridized carbons (Fsp3) is 0.417. The van der Waals surface area contributed by atoms with E-state index in [1.807, 2.05) is 18.2 Å². The first-order valence-electron chi connectivity index (χ1n) is 10.4. The molecule has 3 rings (SSSR count). The van der Waals surface area contributed by atoms with Crippen LogP contribution in [0.3, 0.4) is 0 Å². The van der Waals surface area contributed by atoms with E-state index in [9.17, 15) is 17.6 Å². The molecule has 0 spiro atoms. The summed E-state index contributed by atoms with van der Waals surface area (Å²) in [6, 6.07) is 8.93. The number of halogens is 4. The van der Waals surface area contributed by atoms with Crippen molar-refractivity contribution in [2.24, 2.45) is 5.92 Å². The van der Waals surface area contributed by atoms with Crippen LogP contribution in [-0.2, 0) is 0 Å². The molecule has 1 aliphatic carbocycles. The summed E-state index contributed by atoms with van der Waals surface area (Å²) in [7, 11) is 0. The van der Waals surface area contributed by atoms with Gasteiger partial charge in [-0.1, -0.05) is 18.2 Å². The van der Waals surface area contributed by atoms with Gasteiger partial charge in [0.15, 0.2) is 18.1 Å². The monoisotopic (exact) mass is 438 g/mol. The van der Waals surface area contributed by atoms with E-state index >= 15 is 0 Å². The predicted molar refractivity (Wildman–Crippen MR) is 110 cm³/mol. The Labute approximate surface area is 179 Å². The van der Waals surface area contributed by atoms with Gasteiger partial charge in [-0.25, -0.2) is 0 Å². The lowest BCUT2D eigenvalue weighted by molar-refractivity contribution is -0.196. The van der Waals surface area contributed by atoms with E-state index in [-0.39, 0.29) is 18.1 Å². The Morgan fingerprint density at radius 1 is 0.935 bits per heavy atom. The summed E-state index contributed by atoms with van der Waals surface area (Å²) in [5.41, 5.74) is 1.14. The van der Waals surface area contributed by atoms with Crippen LogP contribution in [0.4, 0.5) is 17.6 Å². The smallest absolute Gasteiger partial charge is 0.433 e. The van der Waals surface area contributed by atoms with Crippen LogP contribution in [0.15, 0.2) is 49.1 Å². The second kappa shape index (κ2) is 10.1. The molecular formula is C24H26F4O3. The van der Waals surface area contributed by atoms with Crippen LogP contribution >= 0.6 is 0 Å². The zero-order valence-corrected chi connectivity index (χ0v) is 17.4. The summed E-state index contributed by atoms with van der Waals surface area (Å²) >= 11 is 0. The molecule has 0 radical (unpaired) electrons.